The fourth-order valence-corrected chi connectivity index (χ4v) is 4.25. The number of carbonyl (C=O) groups excluding carboxylic acids is 2. The van der Waals surface area contributed by atoms with Crippen molar-refractivity contribution < 1.29 is 27.8 Å². The van der Waals surface area contributed by atoms with E-state index in [9.17, 15) is 18.4 Å². The molecule has 9 heteroatoms. The van der Waals surface area contributed by atoms with Crippen LogP contribution < -0.4 is 9.64 Å². The van der Waals surface area contributed by atoms with E-state index in [0.29, 0.717) is 16.4 Å². The largest absolute Gasteiger partial charge is 0.478 e. The van der Waals surface area contributed by atoms with Crippen molar-refractivity contribution in [1.29, 1.82) is 0 Å². The second-order valence-electron chi connectivity index (χ2n) is 6.85. The molecule has 1 amide bonds. The van der Waals surface area contributed by atoms with Gasteiger partial charge in [-0.2, -0.15) is 0 Å². The van der Waals surface area contributed by atoms with E-state index in [2.05, 4.69) is 4.98 Å². The van der Waals surface area contributed by atoms with Gasteiger partial charge in [0.1, 0.15) is 22.4 Å². The molecule has 1 atom stereocenters. The minimum absolute atomic E-state index is 0.0397. The predicted octanol–water partition coefficient (Wildman–Crippen LogP) is 4.13. The lowest BCUT2D eigenvalue weighted by molar-refractivity contribution is -0.147. The highest BCUT2D eigenvalue weighted by atomic mass is 32.1. The summed E-state index contributed by atoms with van der Waals surface area (Å²) in [4.78, 5) is 30.8. The second-order valence-corrected chi connectivity index (χ2v) is 7.94. The summed E-state index contributed by atoms with van der Waals surface area (Å²) in [6.45, 7) is 3.81. The number of carbonyl (C=O) groups is 2. The summed E-state index contributed by atoms with van der Waals surface area (Å²) < 4.78 is 38.5. The van der Waals surface area contributed by atoms with Gasteiger partial charge in [0, 0.05) is 12.1 Å². The Morgan fingerprint density at radius 2 is 2.10 bits per heavy atom. The first kappa shape index (κ1) is 20.2. The molecule has 1 unspecified atom stereocenters. The maximum Gasteiger partial charge on any atom is 0.310 e. The van der Waals surface area contributed by atoms with Gasteiger partial charge in [-0.15, -0.1) is 11.3 Å². The number of hydrogen-bond donors (Lipinski definition) is 0. The Hall–Kier alpha value is -3.07. The lowest BCUT2D eigenvalue weighted by Crippen LogP contribution is -2.46. The summed E-state index contributed by atoms with van der Waals surface area (Å²) in [7, 11) is 0. The number of anilines is 1. The molecule has 1 aromatic heterocycles. The van der Waals surface area contributed by atoms with Crippen LogP contribution in [0.25, 0.3) is 10.2 Å². The Bertz CT molecular complexity index is 1150. The third-order valence-corrected chi connectivity index (χ3v) is 5.69. The number of aromatic nitrogens is 1. The molecule has 3 aromatic rings. The van der Waals surface area contributed by atoms with Gasteiger partial charge in [-0.25, -0.2) is 13.8 Å². The number of hydrogen-bond acceptors (Lipinski definition) is 6. The lowest BCUT2D eigenvalue weighted by Gasteiger charge is -2.33. The quantitative estimate of drug-likeness (QED) is 0.567. The summed E-state index contributed by atoms with van der Waals surface area (Å²) in [5.41, 5.74) is 1.65. The molecule has 0 spiro atoms. The maximum absolute atomic E-state index is 14.1. The summed E-state index contributed by atoms with van der Waals surface area (Å²) in [6, 6.07) is 7.32. The Balaban J connectivity index is 1.69. The van der Waals surface area contributed by atoms with Crippen LogP contribution in [-0.4, -0.2) is 29.6 Å². The van der Waals surface area contributed by atoms with Crippen LogP contribution in [0, 0.1) is 18.6 Å². The SMILES string of the molecule is CCOC(=O)CC1Oc2cc(C)ccc2N(Cc2nc3cc(F)cc(F)c3s2)C1=O. The first-order valence-electron chi connectivity index (χ1n) is 9.34. The minimum atomic E-state index is -1.04. The van der Waals surface area contributed by atoms with Gasteiger partial charge in [0.15, 0.2) is 6.10 Å². The van der Waals surface area contributed by atoms with Crippen LogP contribution in [0.3, 0.4) is 0 Å². The van der Waals surface area contributed by atoms with Gasteiger partial charge >= 0.3 is 5.97 Å². The number of fused-ring (bicyclic) bond motifs is 2. The first-order valence-corrected chi connectivity index (χ1v) is 10.2. The molecule has 156 valence electrons. The molecule has 4 rings (SSSR count). The number of nitrogens with zero attached hydrogens (tertiary/aromatic N) is 2. The van der Waals surface area contributed by atoms with Crippen molar-refractivity contribution in [2.24, 2.45) is 0 Å². The van der Waals surface area contributed by atoms with Gasteiger partial charge in [0.25, 0.3) is 5.91 Å². The van der Waals surface area contributed by atoms with Crippen molar-refractivity contribution >= 4 is 39.1 Å². The number of ether oxygens (including phenoxy) is 2. The summed E-state index contributed by atoms with van der Waals surface area (Å²) in [6.07, 6.45) is -1.27. The number of benzene rings is 2. The third kappa shape index (κ3) is 3.85. The number of amides is 1. The number of rotatable bonds is 5. The number of halogens is 2. The molecule has 1 aliphatic heterocycles. The molecule has 0 N–H and O–H groups in total. The molecule has 0 saturated carbocycles. The van der Waals surface area contributed by atoms with E-state index in [4.69, 9.17) is 9.47 Å². The molecular weight excluding hydrogens is 414 g/mol. The molecule has 6 nitrogen and oxygen atoms in total. The number of esters is 1. The zero-order valence-electron chi connectivity index (χ0n) is 16.3. The second kappa shape index (κ2) is 7.98. The molecule has 2 heterocycles. The van der Waals surface area contributed by atoms with Gasteiger partial charge in [0.2, 0.25) is 0 Å². The number of thiazole rings is 1. The Morgan fingerprint density at radius 3 is 2.87 bits per heavy atom. The van der Waals surface area contributed by atoms with Crippen molar-refractivity contribution in [1.82, 2.24) is 4.98 Å². The Labute approximate surface area is 175 Å². The van der Waals surface area contributed by atoms with Crippen molar-refractivity contribution in [3.8, 4) is 5.75 Å². The maximum atomic E-state index is 14.1. The van der Waals surface area contributed by atoms with Crippen LogP contribution in [0.1, 0.15) is 23.9 Å². The summed E-state index contributed by atoms with van der Waals surface area (Å²) in [5.74, 6) is -1.91. The van der Waals surface area contributed by atoms with E-state index in [-0.39, 0.29) is 29.8 Å². The third-order valence-electron chi connectivity index (χ3n) is 4.62. The van der Waals surface area contributed by atoms with Crippen LogP contribution >= 0.6 is 11.3 Å². The normalized spacial score (nSPS) is 15.8. The highest BCUT2D eigenvalue weighted by molar-refractivity contribution is 7.18. The highest BCUT2D eigenvalue weighted by Gasteiger charge is 2.36. The van der Waals surface area contributed by atoms with Crippen LogP contribution in [-0.2, 0) is 20.9 Å². The fourth-order valence-electron chi connectivity index (χ4n) is 3.31. The molecule has 0 fully saturated rings. The van der Waals surface area contributed by atoms with E-state index in [1.165, 1.54) is 4.90 Å². The monoisotopic (exact) mass is 432 g/mol. The van der Waals surface area contributed by atoms with E-state index in [1.807, 2.05) is 13.0 Å². The molecule has 0 saturated heterocycles. The van der Waals surface area contributed by atoms with E-state index >= 15 is 0 Å². The zero-order chi connectivity index (χ0) is 21.4. The molecule has 0 aliphatic carbocycles. The van der Waals surface area contributed by atoms with Crippen molar-refractivity contribution in [2.75, 3.05) is 11.5 Å². The lowest BCUT2D eigenvalue weighted by atomic mass is 10.1. The standard InChI is InChI=1S/C21H18F2N2O4S/c1-3-28-19(26)9-17-21(27)25(15-5-4-11(2)6-16(15)29-17)10-18-24-14-8-12(22)7-13(23)20(14)30-18/h4-8,17H,3,9-10H2,1-2H3. The highest BCUT2D eigenvalue weighted by Crippen LogP contribution is 2.37. The first-order chi connectivity index (χ1) is 14.4. The van der Waals surface area contributed by atoms with Crippen molar-refractivity contribution in [3.63, 3.8) is 0 Å². The Kier molecular flexibility index (Phi) is 5.38. The van der Waals surface area contributed by atoms with Gasteiger partial charge < -0.3 is 9.47 Å². The van der Waals surface area contributed by atoms with Gasteiger partial charge in [-0.05, 0) is 31.5 Å². The van der Waals surface area contributed by atoms with Gasteiger partial charge in [-0.3, -0.25) is 14.5 Å². The van der Waals surface area contributed by atoms with Crippen LogP contribution in [0.5, 0.6) is 5.75 Å². The van der Waals surface area contributed by atoms with E-state index in [0.717, 1.165) is 29.0 Å². The Morgan fingerprint density at radius 1 is 1.30 bits per heavy atom. The average molecular weight is 432 g/mol. The summed E-state index contributed by atoms with van der Waals surface area (Å²) >= 11 is 1.05. The fraction of sp³-hybridized carbons (Fsp3) is 0.286. The van der Waals surface area contributed by atoms with Gasteiger partial charge in [0.05, 0.1) is 35.5 Å². The zero-order valence-corrected chi connectivity index (χ0v) is 17.1. The minimum Gasteiger partial charge on any atom is -0.478 e. The van der Waals surface area contributed by atoms with E-state index < -0.39 is 29.6 Å². The van der Waals surface area contributed by atoms with Crippen LogP contribution in [0.15, 0.2) is 30.3 Å². The van der Waals surface area contributed by atoms with Crippen molar-refractivity contribution in [2.45, 2.75) is 32.9 Å². The smallest absolute Gasteiger partial charge is 0.310 e. The van der Waals surface area contributed by atoms with Gasteiger partial charge in [-0.1, -0.05) is 6.07 Å². The van der Waals surface area contributed by atoms with E-state index in [1.54, 1.807) is 19.1 Å². The molecular formula is C21H18F2N2O4S. The van der Waals surface area contributed by atoms with Crippen LogP contribution in [0.2, 0.25) is 0 Å². The average Bonchev–Trinajstić information content (AvgIpc) is 3.08. The molecule has 30 heavy (non-hydrogen) atoms. The molecule has 0 radical (unpaired) electrons. The summed E-state index contributed by atoms with van der Waals surface area (Å²) in [5, 5.41) is 0.436. The predicted molar refractivity (Wildman–Crippen MR) is 108 cm³/mol. The molecule has 2 aromatic carbocycles. The topological polar surface area (TPSA) is 68.7 Å². The number of aryl methyl sites for hydroxylation is 1. The van der Waals surface area contributed by atoms with Crippen molar-refractivity contribution in [3.05, 3.63) is 52.5 Å². The molecule has 0 bridgehead atoms. The van der Waals surface area contributed by atoms with Crippen LogP contribution in [0.4, 0.5) is 14.5 Å². The molecule has 1 aliphatic rings.